The van der Waals surface area contributed by atoms with E-state index in [4.69, 9.17) is 0 Å². The summed E-state index contributed by atoms with van der Waals surface area (Å²) in [6.45, 7) is 2.15. The van der Waals surface area contributed by atoms with E-state index in [-0.39, 0.29) is 5.91 Å². The van der Waals surface area contributed by atoms with Crippen LogP contribution >= 0.6 is 11.3 Å². The zero-order valence-electron chi connectivity index (χ0n) is 14.9. The molecule has 1 aliphatic rings. The van der Waals surface area contributed by atoms with Crippen LogP contribution in [0.2, 0.25) is 0 Å². The van der Waals surface area contributed by atoms with Gasteiger partial charge in [-0.05, 0) is 37.0 Å². The minimum absolute atomic E-state index is 0.0936. The Morgan fingerprint density at radius 1 is 1.16 bits per heavy atom. The van der Waals surface area contributed by atoms with E-state index in [1.165, 1.54) is 31.2 Å². The number of rotatable bonds is 6. The minimum atomic E-state index is 0.0936. The topological polar surface area (TPSA) is 54.0 Å². The fraction of sp³-hybridized carbons (Fsp3) is 0.500. The largest absolute Gasteiger partial charge is 0.353 e. The highest BCUT2D eigenvalue weighted by molar-refractivity contribution is 7.13. The predicted octanol–water partition coefficient (Wildman–Crippen LogP) is 4.83. The molecule has 5 heteroatoms. The van der Waals surface area contributed by atoms with Gasteiger partial charge in [0.25, 0.3) is 0 Å². The number of thiazole rings is 1. The Morgan fingerprint density at radius 2 is 1.88 bits per heavy atom. The molecule has 0 radical (unpaired) electrons. The molecule has 0 bridgehead atoms. The molecule has 0 atom stereocenters. The van der Waals surface area contributed by atoms with E-state index in [2.05, 4.69) is 46.8 Å². The summed E-state index contributed by atoms with van der Waals surface area (Å²) in [5.41, 5.74) is 3.19. The number of amides is 1. The van der Waals surface area contributed by atoms with Crippen LogP contribution in [0.3, 0.4) is 0 Å². The van der Waals surface area contributed by atoms with E-state index in [1.54, 1.807) is 11.3 Å². The van der Waals surface area contributed by atoms with Gasteiger partial charge in [-0.2, -0.15) is 0 Å². The Morgan fingerprint density at radius 3 is 2.56 bits per heavy atom. The lowest BCUT2D eigenvalue weighted by molar-refractivity contribution is -0.121. The molecule has 3 rings (SSSR count). The van der Waals surface area contributed by atoms with Crippen molar-refractivity contribution >= 4 is 28.1 Å². The first-order valence-corrected chi connectivity index (χ1v) is 10.2. The molecule has 0 unspecified atom stereocenters. The lowest BCUT2D eigenvalue weighted by atomic mass is 10.1. The Labute approximate surface area is 154 Å². The zero-order chi connectivity index (χ0) is 17.5. The normalized spacial score (nSPS) is 15.6. The molecule has 1 fully saturated rings. The summed E-state index contributed by atoms with van der Waals surface area (Å²) in [4.78, 5) is 16.8. The van der Waals surface area contributed by atoms with Crippen molar-refractivity contribution in [1.82, 2.24) is 10.3 Å². The zero-order valence-corrected chi connectivity index (χ0v) is 15.7. The van der Waals surface area contributed by atoms with Gasteiger partial charge in [0.2, 0.25) is 5.91 Å². The molecular formula is C20H27N3OS. The predicted molar refractivity (Wildman–Crippen MR) is 105 cm³/mol. The van der Waals surface area contributed by atoms with Crippen molar-refractivity contribution in [1.29, 1.82) is 0 Å². The molecule has 1 aromatic heterocycles. The third kappa shape index (κ3) is 5.56. The van der Waals surface area contributed by atoms with E-state index in [0.29, 0.717) is 12.5 Å². The first kappa shape index (κ1) is 17.9. The van der Waals surface area contributed by atoms with Crippen LogP contribution in [-0.2, 0) is 17.6 Å². The highest BCUT2D eigenvalue weighted by Crippen LogP contribution is 2.22. The van der Waals surface area contributed by atoms with Crippen molar-refractivity contribution in [3.05, 3.63) is 40.9 Å². The maximum absolute atomic E-state index is 12.3. The summed E-state index contributed by atoms with van der Waals surface area (Å²) >= 11 is 1.54. The Bertz CT molecular complexity index is 673. The van der Waals surface area contributed by atoms with Crippen LogP contribution in [0.4, 0.5) is 10.8 Å². The van der Waals surface area contributed by atoms with Crippen molar-refractivity contribution in [3.8, 4) is 0 Å². The van der Waals surface area contributed by atoms with Gasteiger partial charge in [0, 0.05) is 17.1 Å². The number of benzene rings is 1. The summed E-state index contributed by atoms with van der Waals surface area (Å²) in [5, 5.41) is 9.30. The second kappa shape index (κ2) is 8.99. The molecule has 1 aliphatic carbocycles. The van der Waals surface area contributed by atoms with Crippen LogP contribution in [0.1, 0.15) is 56.7 Å². The maximum Gasteiger partial charge on any atom is 0.226 e. The molecule has 2 aromatic rings. The third-order valence-corrected chi connectivity index (χ3v) is 5.53. The van der Waals surface area contributed by atoms with E-state index < -0.39 is 0 Å². The number of nitrogens with one attached hydrogen (secondary N) is 2. The molecule has 1 aromatic carbocycles. The Balaban J connectivity index is 1.51. The molecular weight excluding hydrogens is 330 g/mol. The second-order valence-electron chi connectivity index (χ2n) is 6.75. The molecule has 4 nitrogen and oxygen atoms in total. The first-order valence-electron chi connectivity index (χ1n) is 9.32. The Hall–Kier alpha value is -1.88. The molecule has 25 heavy (non-hydrogen) atoms. The number of carbonyl (C=O) groups excluding carboxylic acids is 1. The lowest BCUT2D eigenvalue weighted by Gasteiger charge is -2.15. The van der Waals surface area contributed by atoms with Gasteiger partial charge in [-0.25, -0.2) is 4.98 Å². The molecule has 134 valence electrons. The molecule has 1 saturated carbocycles. The van der Waals surface area contributed by atoms with Gasteiger partial charge >= 0.3 is 0 Å². The summed E-state index contributed by atoms with van der Waals surface area (Å²) < 4.78 is 0. The number of carbonyl (C=O) groups is 1. The summed E-state index contributed by atoms with van der Waals surface area (Å²) in [6, 6.07) is 8.73. The van der Waals surface area contributed by atoms with Crippen LogP contribution in [-0.4, -0.2) is 16.9 Å². The quantitative estimate of drug-likeness (QED) is 0.728. The molecule has 0 aliphatic heterocycles. The van der Waals surface area contributed by atoms with E-state index in [1.807, 2.05) is 5.38 Å². The SMILES string of the molecule is CCc1ccc(Nc2nc(CC(=O)NC3CCCCCC3)cs2)cc1. The number of anilines is 2. The Kier molecular flexibility index (Phi) is 6.45. The fourth-order valence-electron chi connectivity index (χ4n) is 3.26. The van der Waals surface area contributed by atoms with Crippen molar-refractivity contribution in [2.45, 2.75) is 64.3 Å². The summed E-state index contributed by atoms with van der Waals surface area (Å²) in [5.74, 6) is 0.0936. The van der Waals surface area contributed by atoms with Crippen molar-refractivity contribution < 1.29 is 4.79 Å². The van der Waals surface area contributed by atoms with E-state index >= 15 is 0 Å². The molecule has 0 spiro atoms. The van der Waals surface area contributed by atoms with Crippen LogP contribution in [0.5, 0.6) is 0 Å². The lowest BCUT2D eigenvalue weighted by Crippen LogP contribution is -2.35. The van der Waals surface area contributed by atoms with Crippen molar-refractivity contribution in [3.63, 3.8) is 0 Å². The molecule has 2 N–H and O–H groups in total. The fourth-order valence-corrected chi connectivity index (χ4v) is 3.99. The summed E-state index contributed by atoms with van der Waals surface area (Å²) in [7, 11) is 0. The van der Waals surface area contributed by atoms with Gasteiger partial charge in [0.15, 0.2) is 5.13 Å². The van der Waals surface area contributed by atoms with Crippen LogP contribution in [0, 0.1) is 0 Å². The molecule has 0 saturated heterocycles. The number of nitrogens with zero attached hydrogens (tertiary/aromatic N) is 1. The van der Waals surface area contributed by atoms with Gasteiger partial charge in [-0.1, -0.05) is 44.7 Å². The van der Waals surface area contributed by atoms with Crippen LogP contribution < -0.4 is 10.6 Å². The van der Waals surface area contributed by atoms with Gasteiger partial charge in [0.05, 0.1) is 12.1 Å². The van der Waals surface area contributed by atoms with Gasteiger partial charge in [-0.15, -0.1) is 11.3 Å². The highest BCUT2D eigenvalue weighted by atomic mass is 32.1. The van der Waals surface area contributed by atoms with Gasteiger partial charge in [-0.3, -0.25) is 4.79 Å². The van der Waals surface area contributed by atoms with Crippen LogP contribution in [0.25, 0.3) is 0 Å². The maximum atomic E-state index is 12.3. The number of hydrogen-bond acceptors (Lipinski definition) is 4. The standard InChI is InChI=1S/C20H27N3OS/c1-2-15-9-11-17(12-10-15)22-20-23-18(14-25-20)13-19(24)21-16-7-5-3-4-6-8-16/h9-12,14,16H,2-8,13H2,1H3,(H,21,24)(H,22,23). The number of aromatic nitrogens is 1. The number of hydrogen-bond donors (Lipinski definition) is 2. The second-order valence-corrected chi connectivity index (χ2v) is 7.61. The van der Waals surface area contributed by atoms with E-state index in [9.17, 15) is 4.79 Å². The number of aryl methyl sites for hydroxylation is 1. The minimum Gasteiger partial charge on any atom is -0.353 e. The van der Waals surface area contributed by atoms with Gasteiger partial charge in [0.1, 0.15) is 0 Å². The average molecular weight is 358 g/mol. The third-order valence-electron chi connectivity index (χ3n) is 4.73. The highest BCUT2D eigenvalue weighted by Gasteiger charge is 2.15. The summed E-state index contributed by atoms with van der Waals surface area (Å²) in [6.07, 6.45) is 8.69. The average Bonchev–Trinajstić information content (AvgIpc) is 2.88. The monoisotopic (exact) mass is 357 g/mol. The molecule has 1 heterocycles. The van der Waals surface area contributed by atoms with Gasteiger partial charge < -0.3 is 10.6 Å². The smallest absolute Gasteiger partial charge is 0.226 e. The van der Waals surface area contributed by atoms with Crippen LogP contribution in [0.15, 0.2) is 29.6 Å². The van der Waals surface area contributed by atoms with Crippen molar-refractivity contribution in [2.24, 2.45) is 0 Å². The molecule has 1 amide bonds. The first-order chi connectivity index (χ1) is 12.2. The van der Waals surface area contributed by atoms with Crippen molar-refractivity contribution in [2.75, 3.05) is 5.32 Å². The van der Waals surface area contributed by atoms with E-state index in [0.717, 1.165) is 35.8 Å².